The Balaban J connectivity index is 2.11. The molecule has 1 atom stereocenters. The Bertz CT molecular complexity index is 618. The van der Waals surface area contributed by atoms with Crippen LogP contribution in [0.25, 0.3) is 6.08 Å². The first kappa shape index (κ1) is 14.7. The van der Waals surface area contributed by atoms with Crippen LogP contribution in [0, 0.1) is 0 Å². The molecule has 3 heteroatoms. The van der Waals surface area contributed by atoms with Crippen LogP contribution in [0.4, 0.5) is 0 Å². The van der Waals surface area contributed by atoms with Crippen LogP contribution in [0.1, 0.15) is 17.2 Å². The number of rotatable bonds is 5. The van der Waals surface area contributed by atoms with Gasteiger partial charge in [0.15, 0.2) is 6.04 Å². The number of aliphatic imine (C=N–C) groups is 1. The van der Waals surface area contributed by atoms with Crippen LogP contribution >= 0.6 is 0 Å². The number of carbonyl (C=O) groups is 1. The summed E-state index contributed by atoms with van der Waals surface area (Å²) in [5.74, 6) is -0.370. The fraction of sp³-hybridized carbons (Fsp3) is 0.111. The van der Waals surface area contributed by atoms with Crippen molar-refractivity contribution in [1.82, 2.24) is 0 Å². The van der Waals surface area contributed by atoms with E-state index in [4.69, 9.17) is 4.74 Å². The van der Waals surface area contributed by atoms with Crippen molar-refractivity contribution in [3.63, 3.8) is 0 Å². The number of nitrogens with zero attached hydrogens (tertiary/aromatic N) is 1. The third-order valence-corrected chi connectivity index (χ3v) is 2.95. The largest absolute Gasteiger partial charge is 0.467 e. The first-order valence-electron chi connectivity index (χ1n) is 6.69. The molecule has 21 heavy (non-hydrogen) atoms. The van der Waals surface area contributed by atoms with E-state index in [1.54, 1.807) is 6.21 Å². The molecular formula is C18H17NO2. The third kappa shape index (κ3) is 4.42. The van der Waals surface area contributed by atoms with Crippen molar-refractivity contribution in [2.24, 2.45) is 4.99 Å². The molecule has 2 rings (SSSR count). The predicted octanol–water partition coefficient (Wildman–Crippen LogP) is 3.68. The van der Waals surface area contributed by atoms with Crippen LogP contribution in [0.5, 0.6) is 0 Å². The molecule has 0 aliphatic carbocycles. The Morgan fingerprint density at radius 3 is 2.29 bits per heavy atom. The molecule has 106 valence electrons. The highest BCUT2D eigenvalue weighted by molar-refractivity contribution is 5.83. The molecule has 0 fully saturated rings. The number of allylic oxidation sites excluding steroid dienone is 1. The van der Waals surface area contributed by atoms with Crippen LogP contribution < -0.4 is 0 Å². The summed E-state index contributed by atoms with van der Waals surface area (Å²) in [7, 11) is 1.37. The quantitative estimate of drug-likeness (QED) is 0.618. The van der Waals surface area contributed by atoms with Gasteiger partial charge in [0.2, 0.25) is 0 Å². The van der Waals surface area contributed by atoms with Crippen molar-refractivity contribution >= 4 is 18.3 Å². The Morgan fingerprint density at radius 2 is 1.67 bits per heavy atom. The van der Waals surface area contributed by atoms with Gasteiger partial charge in [0, 0.05) is 6.21 Å². The van der Waals surface area contributed by atoms with Gasteiger partial charge in [-0.3, -0.25) is 4.99 Å². The van der Waals surface area contributed by atoms with Crippen molar-refractivity contribution in [2.45, 2.75) is 6.04 Å². The molecule has 0 amide bonds. The fourth-order valence-corrected chi connectivity index (χ4v) is 1.88. The minimum absolute atomic E-state index is 0.370. The maximum Gasteiger partial charge on any atom is 0.335 e. The monoisotopic (exact) mass is 279 g/mol. The summed E-state index contributed by atoms with van der Waals surface area (Å²) >= 11 is 0. The van der Waals surface area contributed by atoms with Gasteiger partial charge in [0.05, 0.1) is 7.11 Å². The lowest BCUT2D eigenvalue weighted by atomic mass is 10.1. The number of esters is 1. The molecule has 0 N–H and O–H groups in total. The van der Waals surface area contributed by atoms with Gasteiger partial charge >= 0.3 is 5.97 Å². The molecule has 0 aromatic heterocycles. The first-order valence-corrected chi connectivity index (χ1v) is 6.69. The molecule has 0 bridgehead atoms. The molecular weight excluding hydrogens is 262 g/mol. The summed E-state index contributed by atoms with van der Waals surface area (Å²) < 4.78 is 4.81. The van der Waals surface area contributed by atoms with E-state index in [1.807, 2.05) is 72.8 Å². The Kier molecular flexibility index (Phi) is 5.47. The van der Waals surface area contributed by atoms with Gasteiger partial charge in [-0.1, -0.05) is 66.7 Å². The Labute approximate surface area is 124 Å². The summed E-state index contributed by atoms with van der Waals surface area (Å²) in [6.07, 6.45) is 5.37. The zero-order valence-electron chi connectivity index (χ0n) is 11.8. The van der Waals surface area contributed by atoms with Gasteiger partial charge in [-0.2, -0.15) is 0 Å². The van der Waals surface area contributed by atoms with E-state index in [9.17, 15) is 4.79 Å². The van der Waals surface area contributed by atoms with Crippen LogP contribution in [-0.4, -0.2) is 19.3 Å². The highest BCUT2D eigenvalue weighted by Gasteiger charge is 2.18. The second-order valence-electron chi connectivity index (χ2n) is 4.40. The molecule has 0 spiro atoms. The molecule has 2 aromatic carbocycles. The van der Waals surface area contributed by atoms with E-state index in [-0.39, 0.29) is 5.97 Å². The second kappa shape index (κ2) is 7.80. The summed E-state index contributed by atoms with van der Waals surface area (Å²) in [6.45, 7) is 0. The van der Waals surface area contributed by atoms with E-state index in [0.717, 1.165) is 11.1 Å². The topological polar surface area (TPSA) is 38.7 Å². The smallest absolute Gasteiger partial charge is 0.335 e. The van der Waals surface area contributed by atoms with E-state index in [0.29, 0.717) is 0 Å². The van der Waals surface area contributed by atoms with E-state index >= 15 is 0 Å². The molecule has 1 unspecified atom stereocenters. The van der Waals surface area contributed by atoms with Crippen molar-refractivity contribution in [3.8, 4) is 0 Å². The van der Waals surface area contributed by atoms with Gasteiger partial charge in [0.25, 0.3) is 0 Å². The van der Waals surface area contributed by atoms with Crippen molar-refractivity contribution in [1.29, 1.82) is 0 Å². The molecule has 0 aliphatic heterocycles. The summed E-state index contributed by atoms with van der Waals surface area (Å²) in [4.78, 5) is 16.1. The zero-order chi connectivity index (χ0) is 14.9. The van der Waals surface area contributed by atoms with Crippen LogP contribution in [0.3, 0.4) is 0 Å². The van der Waals surface area contributed by atoms with Crippen molar-refractivity contribution < 1.29 is 9.53 Å². The molecule has 3 nitrogen and oxygen atoms in total. The number of hydrogen-bond acceptors (Lipinski definition) is 3. The molecule has 0 saturated carbocycles. The van der Waals surface area contributed by atoms with Crippen molar-refractivity contribution in [2.75, 3.05) is 7.11 Å². The molecule has 0 heterocycles. The minimum atomic E-state index is -0.628. The van der Waals surface area contributed by atoms with E-state index in [2.05, 4.69) is 4.99 Å². The van der Waals surface area contributed by atoms with Gasteiger partial charge < -0.3 is 4.74 Å². The molecule has 0 saturated heterocycles. The van der Waals surface area contributed by atoms with Gasteiger partial charge in [0.1, 0.15) is 0 Å². The number of carbonyl (C=O) groups excluding carboxylic acids is 1. The average molecular weight is 279 g/mol. The Morgan fingerprint density at radius 1 is 1.05 bits per heavy atom. The number of ether oxygens (including phenoxy) is 1. The average Bonchev–Trinajstić information content (AvgIpc) is 2.56. The molecule has 2 aromatic rings. The highest BCUT2D eigenvalue weighted by Crippen LogP contribution is 2.18. The first-order chi connectivity index (χ1) is 10.3. The van der Waals surface area contributed by atoms with Crippen LogP contribution in [-0.2, 0) is 9.53 Å². The highest BCUT2D eigenvalue weighted by atomic mass is 16.5. The lowest BCUT2D eigenvalue weighted by Gasteiger charge is -2.09. The molecule has 0 radical (unpaired) electrons. The Hall–Kier alpha value is -2.68. The van der Waals surface area contributed by atoms with Crippen LogP contribution in [0.15, 0.2) is 71.7 Å². The predicted molar refractivity (Wildman–Crippen MR) is 85.2 cm³/mol. The summed E-state index contributed by atoms with van der Waals surface area (Å²) in [5.41, 5.74) is 1.90. The number of hydrogen-bond donors (Lipinski definition) is 0. The second-order valence-corrected chi connectivity index (χ2v) is 4.40. The third-order valence-electron chi connectivity index (χ3n) is 2.95. The van der Waals surface area contributed by atoms with E-state index in [1.165, 1.54) is 7.11 Å². The standard InChI is InChI=1S/C18H17NO2/c1-21-18(20)17(16-12-6-3-7-13-16)19-14-8-11-15-9-4-2-5-10-15/h2-14,17H,1H3. The normalized spacial score (nSPS) is 12.6. The lowest BCUT2D eigenvalue weighted by Crippen LogP contribution is -2.12. The maximum atomic E-state index is 11.8. The van der Waals surface area contributed by atoms with Gasteiger partial charge in [-0.05, 0) is 17.2 Å². The maximum absolute atomic E-state index is 11.8. The molecule has 0 aliphatic rings. The number of benzene rings is 2. The summed E-state index contributed by atoms with van der Waals surface area (Å²) in [5, 5.41) is 0. The SMILES string of the molecule is COC(=O)C(N=CC=Cc1ccccc1)c1ccccc1. The fourth-order valence-electron chi connectivity index (χ4n) is 1.88. The zero-order valence-corrected chi connectivity index (χ0v) is 11.8. The van der Waals surface area contributed by atoms with E-state index < -0.39 is 6.04 Å². The minimum Gasteiger partial charge on any atom is -0.467 e. The van der Waals surface area contributed by atoms with Crippen molar-refractivity contribution in [3.05, 3.63) is 77.9 Å². The van der Waals surface area contributed by atoms with Crippen LogP contribution in [0.2, 0.25) is 0 Å². The number of methoxy groups -OCH3 is 1. The van der Waals surface area contributed by atoms with Gasteiger partial charge in [-0.25, -0.2) is 4.79 Å². The lowest BCUT2D eigenvalue weighted by molar-refractivity contribution is -0.142. The summed E-state index contributed by atoms with van der Waals surface area (Å²) in [6, 6.07) is 18.7. The van der Waals surface area contributed by atoms with Gasteiger partial charge in [-0.15, -0.1) is 0 Å².